The lowest BCUT2D eigenvalue weighted by Crippen LogP contribution is -2.34. The zero-order valence-electron chi connectivity index (χ0n) is 13.9. The van der Waals surface area contributed by atoms with E-state index in [0.29, 0.717) is 11.1 Å². The van der Waals surface area contributed by atoms with Gasteiger partial charge in [-0.25, -0.2) is 4.39 Å². The number of para-hydroxylation sites is 1. The lowest BCUT2D eigenvalue weighted by atomic mass is 10.0. The van der Waals surface area contributed by atoms with Crippen molar-refractivity contribution in [2.24, 2.45) is 0 Å². The number of carbonyl (C=O) groups excluding carboxylic acids is 1. The number of halogens is 1. The Labute approximate surface area is 144 Å². The molecule has 2 unspecified atom stereocenters. The van der Waals surface area contributed by atoms with E-state index in [1.165, 1.54) is 30.3 Å². The number of benzene rings is 2. The summed E-state index contributed by atoms with van der Waals surface area (Å²) in [5.41, 5.74) is 0.681. The molecule has 2 atom stereocenters. The molecule has 0 saturated carbocycles. The topological polar surface area (TPSA) is 92.5 Å². The Morgan fingerprint density at radius 3 is 2.52 bits per heavy atom. The SMILES string of the molecule is Cc1cccc(C(=O)NC(C)CC(O)c2ccc(F)cc2)c1[N+](=O)[O-]. The molecule has 0 heterocycles. The highest BCUT2D eigenvalue weighted by Crippen LogP contribution is 2.24. The van der Waals surface area contributed by atoms with Gasteiger partial charge in [-0.3, -0.25) is 14.9 Å². The lowest BCUT2D eigenvalue weighted by molar-refractivity contribution is -0.385. The number of nitrogens with one attached hydrogen (secondary N) is 1. The summed E-state index contributed by atoms with van der Waals surface area (Å²) in [7, 11) is 0. The predicted octanol–water partition coefficient (Wildman–Crippen LogP) is 3.28. The zero-order chi connectivity index (χ0) is 18.6. The molecule has 2 N–H and O–H groups in total. The van der Waals surface area contributed by atoms with Crippen LogP contribution in [0.4, 0.5) is 10.1 Å². The molecule has 0 radical (unpaired) electrons. The second kappa shape index (κ2) is 7.85. The van der Waals surface area contributed by atoms with Crippen molar-refractivity contribution in [2.45, 2.75) is 32.4 Å². The van der Waals surface area contributed by atoms with Crippen molar-refractivity contribution in [3.8, 4) is 0 Å². The standard InChI is InChI=1S/C18H19FN2O4/c1-11-4-3-5-15(17(11)21(24)25)18(23)20-12(2)10-16(22)13-6-8-14(19)9-7-13/h3-9,12,16,22H,10H2,1-2H3,(H,20,23). The maximum Gasteiger partial charge on any atom is 0.285 e. The number of hydrogen-bond donors (Lipinski definition) is 2. The Bertz CT molecular complexity index is 777. The van der Waals surface area contributed by atoms with E-state index in [9.17, 15) is 24.4 Å². The van der Waals surface area contributed by atoms with Crippen LogP contribution in [-0.2, 0) is 0 Å². The largest absolute Gasteiger partial charge is 0.388 e. The molecule has 132 valence electrons. The van der Waals surface area contributed by atoms with Crippen LogP contribution in [0.15, 0.2) is 42.5 Å². The maximum atomic E-state index is 12.9. The maximum absolute atomic E-state index is 12.9. The second-order valence-electron chi connectivity index (χ2n) is 5.91. The van der Waals surface area contributed by atoms with E-state index in [1.807, 2.05) is 0 Å². The van der Waals surface area contributed by atoms with Gasteiger partial charge in [-0.05, 0) is 44.0 Å². The Hall–Kier alpha value is -2.80. The second-order valence-corrected chi connectivity index (χ2v) is 5.91. The minimum absolute atomic E-state index is 0.0203. The van der Waals surface area contributed by atoms with Gasteiger partial charge in [0.2, 0.25) is 0 Å². The summed E-state index contributed by atoms with van der Waals surface area (Å²) in [4.78, 5) is 22.9. The van der Waals surface area contributed by atoms with E-state index in [2.05, 4.69) is 5.32 Å². The number of aliphatic hydroxyl groups is 1. The first-order chi connectivity index (χ1) is 11.8. The zero-order valence-corrected chi connectivity index (χ0v) is 13.9. The highest BCUT2D eigenvalue weighted by molar-refractivity contribution is 5.98. The van der Waals surface area contributed by atoms with Gasteiger partial charge in [0.1, 0.15) is 11.4 Å². The van der Waals surface area contributed by atoms with Crippen molar-refractivity contribution in [1.29, 1.82) is 0 Å². The van der Waals surface area contributed by atoms with Crippen LogP contribution in [0.25, 0.3) is 0 Å². The molecule has 0 aliphatic heterocycles. The first-order valence-corrected chi connectivity index (χ1v) is 7.78. The van der Waals surface area contributed by atoms with E-state index in [-0.39, 0.29) is 17.7 Å². The van der Waals surface area contributed by atoms with Gasteiger partial charge in [-0.2, -0.15) is 0 Å². The summed E-state index contributed by atoms with van der Waals surface area (Å²) in [6.07, 6.45) is -0.694. The number of aliphatic hydroxyl groups excluding tert-OH is 1. The van der Waals surface area contributed by atoms with Crippen molar-refractivity contribution in [2.75, 3.05) is 0 Å². The third-order valence-electron chi connectivity index (χ3n) is 3.87. The average Bonchev–Trinajstić information content (AvgIpc) is 2.54. The van der Waals surface area contributed by atoms with Crippen LogP contribution in [-0.4, -0.2) is 22.0 Å². The van der Waals surface area contributed by atoms with Crippen molar-refractivity contribution in [1.82, 2.24) is 5.32 Å². The van der Waals surface area contributed by atoms with Crippen molar-refractivity contribution in [3.63, 3.8) is 0 Å². The van der Waals surface area contributed by atoms with E-state index in [1.54, 1.807) is 26.0 Å². The fourth-order valence-corrected chi connectivity index (χ4v) is 2.60. The van der Waals surface area contributed by atoms with Gasteiger partial charge in [0, 0.05) is 11.6 Å². The summed E-state index contributed by atoms with van der Waals surface area (Å²) < 4.78 is 12.9. The smallest absolute Gasteiger partial charge is 0.285 e. The highest BCUT2D eigenvalue weighted by atomic mass is 19.1. The van der Waals surface area contributed by atoms with Gasteiger partial charge >= 0.3 is 0 Å². The number of nitro groups is 1. The predicted molar refractivity (Wildman–Crippen MR) is 90.7 cm³/mol. The van der Waals surface area contributed by atoms with Crippen molar-refractivity contribution < 1.29 is 19.2 Å². The van der Waals surface area contributed by atoms with Gasteiger partial charge in [-0.1, -0.05) is 24.3 Å². The van der Waals surface area contributed by atoms with E-state index >= 15 is 0 Å². The third kappa shape index (κ3) is 4.60. The molecule has 7 heteroatoms. The molecular weight excluding hydrogens is 327 g/mol. The molecule has 0 spiro atoms. The Morgan fingerprint density at radius 2 is 1.92 bits per heavy atom. The Balaban J connectivity index is 2.07. The minimum Gasteiger partial charge on any atom is -0.388 e. The fourth-order valence-electron chi connectivity index (χ4n) is 2.60. The molecule has 0 aromatic heterocycles. The first-order valence-electron chi connectivity index (χ1n) is 7.78. The lowest BCUT2D eigenvalue weighted by Gasteiger charge is -2.18. The minimum atomic E-state index is -0.886. The van der Waals surface area contributed by atoms with Crippen LogP contribution >= 0.6 is 0 Å². The number of amides is 1. The molecular formula is C18H19FN2O4. The Kier molecular flexibility index (Phi) is 5.82. The number of hydrogen-bond acceptors (Lipinski definition) is 4. The molecule has 1 amide bonds. The monoisotopic (exact) mass is 346 g/mol. The van der Waals surface area contributed by atoms with Gasteiger partial charge < -0.3 is 10.4 Å². The number of rotatable bonds is 6. The molecule has 2 aromatic rings. The van der Waals surface area contributed by atoms with Gasteiger partial charge in [0.25, 0.3) is 11.6 Å². The molecule has 0 aliphatic carbocycles. The van der Waals surface area contributed by atoms with Crippen LogP contribution in [0, 0.1) is 22.9 Å². The van der Waals surface area contributed by atoms with Gasteiger partial charge in [-0.15, -0.1) is 0 Å². The number of carbonyl (C=O) groups is 1. The van der Waals surface area contributed by atoms with E-state index in [0.717, 1.165) is 0 Å². The molecule has 6 nitrogen and oxygen atoms in total. The normalized spacial score (nSPS) is 13.1. The van der Waals surface area contributed by atoms with Gasteiger partial charge in [0.05, 0.1) is 11.0 Å². The quantitative estimate of drug-likeness (QED) is 0.620. The molecule has 2 aromatic carbocycles. The van der Waals surface area contributed by atoms with E-state index in [4.69, 9.17) is 0 Å². The highest BCUT2D eigenvalue weighted by Gasteiger charge is 2.24. The summed E-state index contributed by atoms with van der Waals surface area (Å²) in [5.74, 6) is -0.974. The van der Waals surface area contributed by atoms with Crippen molar-refractivity contribution in [3.05, 3.63) is 75.1 Å². The first kappa shape index (κ1) is 18.5. The third-order valence-corrected chi connectivity index (χ3v) is 3.87. The molecule has 0 fully saturated rings. The average molecular weight is 346 g/mol. The molecule has 0 bridgehead atoms. The van der Waals surface area contributed by atoms with Gasteiger partial charge in [0.15, 0.2) is 0 Å². The summed E-state index contributed by atoms with van der Waals surface area (Å²) in [6, 6.07) is 9.54. The van der Waals surface area contributed by atoms with E-state index < -0.39 is 28.8 Å². The van der Waals surface area contributed by atoms with Crippen LogP contribution in [0.1, 0.15) is 40.9 Å². The number of nitro benzene ring substituents is 1. The number of nitrogens with zero attached hydrogens (tertiary/aromatic N) is 1. The summed E-state index contributed by atoms with van der Waals surface area (Å²) >= 11 is 0. The van der Waals surface area contributed by atoms with Crippen LogP contribution in [0.3, 0.4) is 0 Å². The van der Waals surface area contributed by atoms with Crippen LogP contribution < -0.4 is 5.32 Å². The van der Waals surface area contributed by atoms with Crippen molar-refractivity contribution >= 4 is 11.6 Å². The summed E-state index contributed by atoms with van der Waals surface area (Å²) in [6.45, 7) is 3.25. The fraction of sp³-hybridized carbons (Fsp3) is 0.278. The molecule has 0 saturated heterocycles. The molecule has 25 heavy (non-hydrogen) atoms. The molecule has 0 aliphatic rings. The molecule has 2 rings (SSSR count). The van der Waals surface area contributed by atoms with Crippen LogP contribution in [0.2, 0.25) is 0 Å². The Morgan fingerprint density at radius 1 is 1.28 bits per heavy atom. The van der Waals surface area contributed by atoms with Crippen LogP contribution in [0.5, 0.6) is 0 Å². The number of aryl methyl sites for hydroxylation is 1. The summed E-state index contributed by atoms with van der Waals surface area (Å²) in [5, 5.41) is 24.0.